The molecule has 27 nitrogen and oxygen atoms in total. The van der Waals surface area contributed by atoms with E-state index in [1.54, 1.807) is 50.4 Å². The van der Waals surface area contributed by atoms with E-state index >= 15 is 0 Å². The Morgan fingerprint density at radius 3 is 1.88 bits per heavy atom. The molecule has 0 radical (unpaired) electrons. The molecule has 85 heavy (non-hydrogen) atoms. The molecule has 0 spiro atoms. The van der Waals surface area contributed by atoms with Crippen molar-refractivity contribution in [1.82, 2.24) is 52.4 Å². The lowest BCUT2D eigenvalue weighted by molar-refractivity contribution is -0.142. The summed E-state index contributed by atoms with van der Waals surface area (Å²) in [5, 5.41) is 42.0. The SMILES string of the molecule is CC(C)C[C@H](NC(=O)CNC(=O)[C@H](Cc1ccc(O)cc1)NC(=O)[C@H](CO)NC(=O)[C@H](Cc1c[nH]c2ccccc12)NC(=O)[C@H](CC(C)C)NC(=O)OCc1ccccc1)C(=O)N[C@@H](CCCN=C(N)N)C(=O)N1CCC[C@H]1C(=O)NCC(N)=O. The summed E-state index contributed by atoms with van der Waals surface area (Å²) in [6.45, 7) is 5.30. The number of hydrogen-bond acceptors (Lipinski definition) is 14. The predicted molar refractivity (Wildman–Crippen MR) is 313 cm³/mol. The summed E-state index contributed by atoms with van der Waals surface area (Å²) >= 11 is 0. The number of alkyl carbamates (subject to hydrolysis) is 1. The number of likely N-dealkylation sites (tertiary alicyclic amines) is 1. The van der Waals surface area contributed by atoms with Gasteiger partial charge in [0.1, 0.15) is 54.6 Å². The first kappa shape index (κ1) is 66.5. The maximum absolute atomic E-state index is 14.4. The number of ether oxygens (including phenoxy) is 1. The van der Waals surface area contributed by atoms with Crippen molar-refractivity contribution in [2.24, 2.45) is 34.0 Å². The van der Waals surface area contributed by atoms with E-state index in [1.165, 1.54) is 29.2 Å². The number of aliphatic imine (C=N–C) groups is 1. The molecule has 0 unspecified atom stereocenters. The first-order valence-electron chi connectivity index (χ1n) is 28.1. The molecule has 1 saturated heterocycles. The van der Waals surface area contributed by atoms with Gasteiger partial charge >= 0.3 is 6.09 Å². The zero-order chi connectivity index (χ0) is 62.2. The van der Waals surface area contributed by atoms with Gasteiger partial charge in [-0.3, -0.25) is 48.1 Å². The lowest BCUT2D eigenvalue weighted by Crippen LogP contribution is -2.60. The molecule has 5 rings (SSSR count). The Hall–Kier alpha value is -9.27. The number of carbonyl (C=O) groups is 10. The normalized spacial score (nSPS) is 15.0. The number of rotatable bonds is 32. The summed E-state index contributed by atoms with van der Waals surface area (Å²) in [6, 6.07) is 12.6. The van der Waals surface area contributed by atoms with Crippen LogP contribution in [0, 0.1) is 11.8 Å². The van der Waals surface area contributed by atoms with Crippen molar-refractivity contribution in [3.63, 3.8) is 0 Å². The minimum atomic E-state index is -1.72. The van der Waals surface area contributed by atoms with Crippen LogP contribution < -0.4 is 59.7 Å². The van der Waals surface area contributed by atoms with Crippen LogP contribution in [0.3, 0.4) is 0 Å². The minimum absolute atomic E-state index is 0.0230. The number of phenolic OH excluding ortho intramolecular Hbond substituents is 1. The van der Waals surface area contributed by atoms with Crippen LogP contribution in [-0.4, -0.2) is 160 Å². The lowest BCUT2D eigenvalue weighted by Gasteiger charge is -2.30. The Morgan fingerprint density at radius 2 is 1.25 bits per heavy atom. The molecule has 2 heterocycles. The zero-order valence-corrected chi connectivity index (χ0v) is 48.2. The molecular formula is C58H80N14O13. The molecule has 1 aromatic heterocycles. The topological polar surface area (TPSA) is 426 Å². The summed E-state index contributed by atoms with van der Waals surface area (Å²) < 4.78 is 5.39. The van der Waals surface area contributed by atoms with E-state index in [0.717, 1.165) is 10.9 Å². The highest BCUT2D eigenvalue weighted by molar-refractivity contribution is 5.98. The number of phenols is 1. The summed E-state index contributed by atoms with van der Waals surface area (Å²) in [7, 11) is 0. The second-order valence-corrected chi connectivity index (χ2v) is 21.5. The van der Waals surface area contributed by atoms with Crippen LogP contribution in [-0.2, 0) is 67.3 Å². The third kappa shape index (κ3) is 21.8. The molecular weight excluding hydrogens is 1100 g/mol. The maximum Gasteiger partial charge on any atom is 0.408 e. The zero-order valence-electron chi connectivity index (χ0n) is 48.2. The molecule has 1 aliphatic heterocycles. The first-order chi connectivity index (χ1) is 40.5. The van der Waals surface area contributed by atoms with Crippen LogP contribution in [0.4, 0.5) is 4.79 Å². The number of aromatic nitrogens is 1. The molecule has 0 saturated carbocycles. The predicted octanol–water partition coefficient (Wildman–Crippen LogP) is -0.776. The molecule has 1 fully saturated rings. The molecule has 3 aromatic carbocycles. The third-order valence-electron chi connectivity index (χ3n) is 13.7. The van der Waals surface area contributed by atoms with Gasteiger partial charge in [-0.2, -0.15) is 0 Å². The van der Waals surface area contributed by atoms with Gasteiger partial charge in [0.05, 0.1) is 19.7 Å². The van der Waals surface area contributed by atoms with Gasteiger partial charge in [-0.25, -0.2) is 4.79 Å². The Labute approximate surface area is 492 Å². The van der Waals surface area contributed by atoms with E-state index in [-0.39, 0.29) is 88.2 Å². The standard InChI is InChI=1S/C58H80N14O13/c1-33(2)24-42(51(78)67-41(16-10-22-62-57(60)61)56(83)72-23-11-17-47(72)55(82)64-29-48(59)75)66-49(76)30-65-50(77)44(26-35-18-20-38(74)21-19-35)68-54(81)46(31-73)70-53(80)45(27-37-28-63-40-15-9-8-14-39(37)40)69-52(79)43(25-34(3)4)71-58(84)85-32-36-12-6-5-7-13-36/h5-9,12-15,18-21,28,33-34,41-47,63,73-74H,10-11,16-17,22-27,29-32H2,1-4H3,(H2,59,75)(H,64,82)(H,65,77)(H,66,76)(H,67,78)(H,68,81)(H,69,79)(H,70,80)(H,71,84)(H4,60,61,62)/t41-,42-,43-,44-,45-,46-,47-/m0/s1. The fraction of sp³-hybridized carbons (Fsp3) is 0.466. The van der Waals surface area contributed by atoms with Gasteiger partial charge in [-0.15, -0.1) is 0 Å². The molecule has 0 bridgehead atoms. The van der Waals surface area contributed by atoms with Gasteiger partial charge in [0, 0.05) is 43.0 Å². The van der Waals surface area contributed by atoms with Crippen molar-refractivity contribution in [2.75, 3.05) is 32.8 Å². The number of amides is 10. The van der Waals surface area contributed by atoms with Crippen LogP contribution in [0.25, 0.3) is 10.9 Å². The number of guanidine groups is 1. The third-order valence-corrected chi connectivity index (χ3v) is 13.7. The molecule has 460 valence electrons. The Morgan fingerprint density at radius 1 is 0.659 bits per heavy atom. The monoisotopic (exact) mass is 1180 g/mol. The fourth-order valence-electron chi connectivity index (χ4n) is 9.50. The number of nitrogens with one attached hydrogen (secondary N) is 9. The van der Waals surface area contributed by atoms with Crippen LogP contribution in [0.2, 0.25) is 0 Å². The number of aliphatic hydroxyl groups is 1. The molecule has 1 aliphatic rings. The van der Waals surface area contributed by atoms with Crippen molar-refractivity contribution in [1.29, 1.82) is 0 Å². The number of para-hydroxylation sites is 1. The number of nitrogens with zero attached hydrogens (tertiary/aromatic N) is 2. The van der Waals surface area contributed by atoms with E-state index in [2.05, 4.69) is 52.5 Å². The van der Waals surface area contributed by atoms with Gasteiger partial charge in [0.2, 0.25) is 53.2 Å². The molecule has 17 N–H and O–H groups in total. The highest BCUT2D eigenvalue weighted by Crippen LogP contribution is 2.22. The summed E-state index contributed by atoms with van der Waals surface area (Å²) in [6.07, 6.45) is 1.63. The highest BCUT2D eigenvalue weighted by atomic mass is 16.5. The second-order valence-electron chi connectivity index (χ2n) is 21.5. The maximum atomic E-state index is 14.4. The number of H-pyrrole nitrogens is 1. The van der Waals surface area contributed by atoms with Crippen LogP contribution >= 0.6 is 0 Å². The Bertz CT molecular complexity index is 2970. The van der Waals surface area contributed by atoms with Gasteiger partial charge in [-0.1, -0.05) is 88.4 Å². The number of primary amides is 1. The first-order valence-corrected chi connectivity index (χ1v) is 28.1. The fourth-order valence-corrected chi connectivity index (χ4v) is 9.50. The largest absolute Gasteiger partial charge is 0.508 e. The van der Waals surface area contributed by atoms with Gasteiger partial charge in [0.25, 0.3) is 0 Å². The molecule has 10 amide bonds. The molecule has 27 heteroatoms. The van der Waals surface area contributed by atoms with Crippen LogP contribution in [0.1, 0.15) is 82.9 Å². The van der Waals surface area contributed by atoms with Crippen molar-refractivity contribution in [3.05, 3.63) is 102 Å². The summed E-state index contributed by atoms with van der Waals surface area (Å²) in [5.41, 5.74) is 18.7. The minimum Gasteiger partial charge on any atom is -0.508 e. The van der Waals surface area contributed by atoms with Crippen molar-refractivity contribution >= 4 is 76.1 Å². The molecule has 4 aromatic rings. The van der Waals surface area contributed by atoms with Crippen molar-refractivity contribution in [3.8, 4) is 5.75 Å². The number of nitrogens with two attached hydrogens (primary N) is 3. The number of aromatic amines is 1. The van der Waals surface area contributed by atoms with E-state index < -0.39 is 121 Å². The summed E-state index contributed by atoms with van der Waals surface area (Å²) in [4.78, 5) is 145. The van der Waals surface area contributed by atoms with Crippen molar-refractivity contribution < 1.29 is 62.9 Å². The Balaban J connectivity index is 1.31. The highest BCUT2D eigenvalue weighted by Gasteiger charge is 2.39. The van der Waals surface area contributed by atoms with Crippen LogP contribution in [0.15, 0.2) is 90.1 Å². The average Bonchev–Trinajstić information content (AvgIpc) is 4.35. The van der Waals surface area contributed by atoms with E-state index in [1.807, 2.05) is 38.1 Å². The Kier molecular flexibility index (Phi) is 25.9. The van der Waals surface area contributed by atoms with E-state index in [4.69, 9.17) is 21.9 Å². The number of aliphatic hydroxyl groups excluding tert-OH is 1. The van der Waals surface area contributed by atoms with Crippen molar-refractivity contribution in [2.45, 2.75) is 128 Å². The average molecular weight is 1180 g/mol. The van der Waals surface area contributed by atoms with Gasteiger partial charge in [-0.05, 0) is 85.3 Å². The van der Waals surface area contributed by atoms with Crippen LogP contribution in [0.5, 0.6) is 5.75 Å². The molecule has 7 atom stereocenters. The second kappa shape index (κ2) is 33.1. The quantitative estimate of drug-likeness (QED) is 0.0162. The van der Waals surface area contributed by atoms with E-state index in [0.29, 0.717) is 23.1 Å². The number of benzene rings is 3. The number of fused-ring (bicyclic) bond motifs is 1. The summed E-state index contributed by atoms with van der Waals surface area (Å²) in [5.74, 6) is -7.77. The van der Waals surface area contributed by atoms with Gasteiger partial charge in [0.15, 0.2) is 5.96 Å². The van der Waals surface area contributed by atoms with E-state index in [9.17, 15) is 58.2 Å². The number of carbonyl (C=O) groups excluding carboxylic acids is 10. The number of hydrogen-bond donors (Lipinski definition) is 14. The number of aromatic hydroxyl groups is 1. The van der Waals surface area contributed by atoms with Gasteiger partial charge < -0.3 is 84.6 Å². The smallest absolute Gasteiger partial charge is 0.408 e. The lowest BCUT2D eigenvalue weighted by atomic mass is 10.0. The molecule has 0 aliphatic carbocycles.